The minimum Gasteiger partial charge on any atom is -0.207 e. The van der Waals surface area contributed by atoms with Gasteiger partial charge in [-0.3, -0.25) is 0 Å². The van der Waals surface area contributed by atoms with Crippen LogP contribution in [0.2, 0.25) is 0 Å². The van der Waals surface area contributed by atoms with Gasteiger partial charge in [-0.2, -0.15) is 0 Å². The summed E-state index contributed by atoms with van der Waals surface area (Å²) in [7, 11) is 0. The number of benzene rings is 1. The molecule has 1 aromatic carbocycles. The molecule has 0 N–H and O–H groups in total. The molecule has 14 heavy (non-hydrogen) atoms. The monoisotopic (exact) mass is 256 g/mol. The van der Waals surface area contributed by atoms with Crippen molar-refractivity contribution in [1.29, 1.82) is 0 Å². The summed E-state index contributed by atoms with van der Waals surface area (Å²) in [6.07, 6.45) is 4.57. The molecular weight excluding hydrogens is 243 g/mol. The minimum atomic E-state index is -0.0667. The van der Waals surface area contributed by atoms with Crippen LogP contribution in [0.1, 0.15) is 24.8 Å². The fraction of sp³-hybridized carbons (Fsp3) is 0.500. The first-order chi connectivity index (χ1) is 6.77. The van der Waals surface area contributed by atoms with Gasteiger partial charge in [0.1, 0.15) is 5.82 Å². The van der Waals surface area contributed by atoms with Crippen LogP contribution in [-0.2, 0) is 6.42 Å². The molecular formula is C12H14BrF. The summed E-state index contributed by atoms with van der Waals surface area (Å²) in [5, 5.41) is 0. The standard InChI is InChI=1S/C12H14BrF/c13-11(9-5-6-9)8-7-10-3-1-2-4-12(10)14/h1-4,9,11H,5-8H2. The van der Waals surface area contributed by atoms with Crippen LogP contribution in [0.5, 0.6) is 0 Å². The van der Waals surface area contributed by atoms with E-state index in [9.17, 15) is 4.39 Å². The Hall–Kier alpha value is -0.370. The molecule has 0 radical (unpaired) electrons. The highest BCUT2D eigenvalue weighted by atomic mass is 79.9. The molecule has 0 bridgehead atoms. The van der Waals surface area contributed by atoms with E-state index in [4.69, 9.17) is 0 Å². The van der Waals surface area contributed by atoms with Crippen LogP contribution < -0.4 is 0 Å². The van der Waals surface area contributed by atoms with E-state index in [1.807, 2.05) is 12.1 Å². The second kappa shape index (κ2) is 4.43. The molecule has 1 aliphatic rings. The number of hydrogen-bond acceptors (Lipinski definition) is 0. The molecule has 2 heteroatoms. The first-order valence-electron chi connectivity index (χ1n) is 5.15. The van der Waals surface area contributed by atoms with Gasteiger partial charge in [0, 0.05) is 4.83 Å². The van der Waals surface area contributed by atoms with Gasteiger partial charge in [-0.1, -0.05) is 34.1 Å². The zero-order chi connectivity index (χ0) is 9.97. The fourth-order valence-electron chi connectivity index (χ4n) is 1.69. The largest absolute Gasteiger partial charge is 0.207 e. The van der Waals surface area contributed by atoms with Gasteiger partial charge in [-0.05, 0) is 43.2 Å². The van der Waals surface area contributed by atoms with Crippen molar-refractivity contribution in [2.75, 3.05) is 0 Å². The van der Waals surface area contributed by atoms with Gasteiger partial charge in [0.15, 0.2) is 0 Å². The fourth-order valence-corrected chi connectivity index (χ4v) is 2.45. The van der Waals surface area contributed by atoms with E-state index in [1.54, 1.807) is 6.07 Å². The lowest BCUT2D eigenvalue weighted by Crippen LogP contribution is -2.03. The summed E-state index contributed by atoms with van der Waals surface area (Å²) >= 11 is 3.66. The van der Waals surface area contributed by atoms with Gasteiger partial charge in [0.25, 0.3) is 0 Å². The Morgan fingerprint density at radius 2 is 2.07 bits per heavy atom. The SMILES string of the molecule is Fc1ccccc1CCC(Br)C1CC1. The number of aryl methyl sites for hydroxylation is 1. The Morgan fingerprint density at radius 3 is 2.71 bits per heavy atom. The first kappa shape index (κ1) is 10.2. The van der Waals surface area contributed by atoms with Crippen LogP contribution >= 0.6 is 15.9 Å². The van der Waals surface area contributed by atoms with E-state index in [1.165, 1.54) is 18.9 Å². The van der Waals surface area contributed by atoms with E-state index in [0.29, 0.717) is 4.83 Å². The van der Waals surface area contributed by atoms with Crippen molar-refractivity contribution in [3.63, 3.8) is 0 Å². The van der Waals surface area contributed by atoms with Crippen molar-refractivity contribution < 1.29 is 4.39 Å². The quantitative estimate of drug-likeness (QED) is 0.717. The number of alkyl halides is 1. The number of halogens is 2. The van der Waals surface area contributed by atoms with Crippen LogP contribution in [0.3, 0.4) is 0 Å². The van der Waals surface area contributed by atoms with E-state index in [2.05, 4.69) is 15.9 Å². The smallest absolute Gasteiger partial charge is 0.126 e. The molecule has 1 saturated carbocycles. The van der Waals surface area contributed by atoms with Crippen LogP contribution in [-0.4, -0.2) is 4.83 Å². The van der Waals surface area contributed by atoms with Gasteiger partial charge in [-0.15, -0.1) is 0 Å². The zero-order valence-electron chi connectivity index (χ0n) is 8.05. The van der Waals surface area contributed by atoms with Crippen molar-refractivity contribution in [3.8, 4) is 0 Å². The summed E-state index contributed by atoms with van der Waals surface area (Å²) < 4.78 is 13.2. The number of hydrogen-bond donors (Lipinski definition) is 0. The lowest BCUT2D eigenvalue weighted by Gasteiger charge is -2.08. The summed E-state index contributed by atoms with van der Waals surface area (Å²) in [5.74, 6) is 0.782. The van der Waals surface area contributed by atoms with Crippen LogP contribution in [0.25, 0.3) is 0 Å². The molecule has 0 aliphatic heterocycles. The Balaban J connectivity index is 1.87. The van der Waals surface area contributed by atoms with E-state index < -0.39 is 0 Å². The molecule has 1 fully saturated rings. The van der Waals surface area contributed by atoms with Gasteiger partial charge in [0.05, 0.1) is 0 Å². The van der Waals surface area contributed by atoms with Gasteiger partial charge >= 0.3 is 0 Å². The highest BCUT2D eigenvalue weighted by Crippen LogP contribution is 2.38. The molecule has 2 rings (SSSR count). The highest BCUT2D eigenvalue weighted by molar-refractivity contribution is 9.09. The number of rotatable bonds is 4. The normalized spacial score (nSPS) is 18.1. The van der Waals surface area contributed by atoms with Crippen LogP contribution in [0, 0.1) is 11.7 Å². The molecule has 0 aromatic heterocycles. The molecule has 1 unspecified atom stereocenters. The van der Waals surface area contributed by atoms with Gasteiger partial charge < -0.3 is 0 Å². The third-order valence-corrected chi connectivity index (χ3v) is 3.99. The average molecular weight is 257 g/mol. The van der Waals surface area contributed by atoms with Crippen molar-refractivity contribution in [1.82, 2.24) is 0 Å². The second-order valence-electron chi connectivity index (χ2n) is 3.98. The maximum atomic E-state index is 13.2. The molecule has 1 aromatic rings. The van der Waals surface area contributed by atoms with Gasteiger partial charge in [-0.25, -0.2) is 4.39 Å². The Morgan fingerprint density at radius 1 is 1.36 bits per heavy atom. The minimum absolute atomic E-state index is 0.0667. The molecule has 0 spiro atoms. The van der Waals surface area contributed by atoms with Crippen molar-refractivity contribution in [2.24, 2.45) is 5.92 Å². The Labute approximate surface area is 92.6 Å². The Kier molecular flexibility index (Phi) is 3.22. The molecule has 0 nitrogen and oxygen atoms in total. The maximum absolute atomic E-state index is 13.2. The Bertz CT molecular complexity index is 307. The van der Waals surface area contributed by atoms with Crippen LogP contribution in [0.4, 0.5) is 4.39 Å². The zero-order valence-corrected chi connectivity index (χ0v) is 9.63. The van der Waals surface area contributed by atoms with Crippen molar-refractivity contribution in [2.45, 2.75) is 30.5 Å². The lowest BCUT2D eigenvalue weighted by molar-refractivity contribution is 0.597. The highest BCUT2D eigenvalue weighted by Gasteiger charge is 2.28. The maximum Gasteiger partial charge on any atom is 0.126 e. The third kappa shape index (κ3) is 2.57. The first-order valence-corrected chi connectivity index (χ1v) is 6.06. The summed E-state index contributed by atoms with van der Waals surface area (Å²) in [6.45, 7) is 0. The molecule has 0 amide bonds. The van der Waals surface area contributed by atoms with Crippen LogP contribution in [0.15, 0.2) is 24.3 Å². The topological polar surface area (TPSA) is 0 Å². The molecule has 1 aliphatic carbocycles. The summed E-state index contributed by atoms with van der Waals surface area (Å²) in [4.78, 5) is 0.585. The predicted octanol–water partition coefficient (Wildman–Crippen LogP) is 3.93. The van der Waals surface area contributed by atoms with E-state index >= 15 is 0 Å². The van der Waals surface area contributed by atoms with E-state index in [-0.39, 0.29) is 5.82 Å². The molecule has 76 valence electrons. The molecule has 0 saturated heterocycles. The third-order valence-electron chi connectivity index (χ3n) is 2.78. The predicted molar refractivity (Wildman–Crippen MR) is 60.2 cm³/mol. The lowest BCUT2D eigenvalue weighted by atomic mass is 10.1. The molecule has 1 atom stereocenters. The molecule has 0 heterocycles. The van der Waals surface area contributed by atoms with E-state index in [0.717, 1.165) is 24.3 Å². The van der Waals surface area contributed by atoms with Gasteiger partial charge in [0.2, 0.25) is 0 Å². The average Bonchev–Trinajstić information content (AvgIpc) is 2.99. The summed E-state index contributed by atoms with van der Waals surface area (Å²) in [6, 6.07) is 7.06. The van der Waals surface area contributed by atoms with Crippen molar-refractivity contribution >= 4 is 15.9 Å². The van der Waals surface area contributed by atoms with Crippen molar-refractivity contribution in [3.05, 3.63) is 35.6 Å². The summed E-state index contributed by atoms with van der Waals surface area (Å²) in [5.41, 5.74) is 0.845. The second-order valence-corrected chi connectivity index (χ2v) is 5.16.